The van der Waals surface area contributed by atoms with Gasteiger partial charge in [-0.1, -0.05) is 39.7 Å². The van der Waals surface area contributed by atoms with Crippen molar-refractivity contribution in [2.75, 3.05) is 0 Å². The minimum atomic E-state index is -1.67. The highest BCUT2D eigenvalue weighted by Gasteiger charge is 2.47. The summed E-state index contributed by atoms with van der Waals surface area (Å²) in [4.78, 5) is 0. The number of hydrogen-bond acceptors (Lipinski definition) is 5. The maximum absolute atomic E-state index is 9.18. The molecule has 0 amide bonds. The molecule has 1 atom stereocenters. The Kier molecular flexibility index (Phi) is 3.91. The molecule has 21 heavy (non-hydrogen) atoms. The number of allylic oxidation sites excluding steroid dienone is 1. The van der Waals surface area contributed by atoms with Crippen molar-refractivity contribution in [2.24, 2.45) is 5.73 Å². The van der Waals surface area contributed by atoms with Gasteiger partial charge in [0.25, 0.3) is 0 Å². The highest BCUT2D eigenvalue weighted by atomic mass is 79.9. The first-order valence-electron chi connectivity index (χ1n) is 5.57. The molecule has 1 aromatic carbocycles. The number of nitrogens with zero attached hydrogens (tertiary/aromatic N) is 3. The van der Waals surface area contributed by atoms with E-state index in [1.54, 1.807) is 36.4 Å². The molecule has 0 aromatic heterocycles. The lowest BCUT2D eigenvalue weighted by Crippen LogP contribution is -2.22. The zero-order valence-corrected chi connectivity index (χ0v) is 12.7. The van der Waals surface area contributed by atoms with Crippen LogP contribution in [0.5, 0.6) is 0 Å². The molecule has 7 heteroatoms. The van der Waals surface area contributed by atoms with Gasteiger partial charge >= 0.3 is 0 Å². The Hall–Kier alpha value is -2.46. The largest absolute Gasteiger partial charge is 0.447 e. The van der Waals surface area contributed by atoms with Crippen molar-refractivity contribution in [3.63, 3.8) is 0 Å². The van der Waals surface area contributed by atoms with E-state index in [1.807, 2.05) is 6.07 Å². The molecule has 1 aromatic rings. The van der Waals surface area contributed by atoms with E-state index >= 15 is 0 Å². The predicted molar refractivity (Wildman–Crippen MR) is 77.8 cm³/mol. The topological polar surface area (TPSA) is 107 Å². The van der Waals surface area contributed by atoms with E-state index in [0.29, 0.717) is 5.56 Å². The van der Waals surface area contributed by atoms with Crippen molar-refractivity contribution in [2.45, 2.75) is 5.06 Å². The first-order valence-corrected chi connectivity index (χ1v) is 6.74. The molecular formula is C14H6BrClN4O. The molecule has 1 heterocycles. The molecule has 102 valence electrons. The second-order valence-corrected chi connectivity index (χ2v) is 5.48. The predicted octanol–water partition coefficient (Wildman–Crippen LogP) is 2.91. The van der Waals surface area contributed by atoms with Crippen LogP contribution in [0.2, 0.25) is 0 Å². The summed E-state index contributed by atoms with van der Waals surface area (Å²) in [5.74, 6) is -0.214. The quantitative estimate of drug-likeness (QED) is 0.611. The number of alkyl halides is 1. The van der Waals surface area contributed by atoms with Crippen molar-refractivity contribution in [3.8, 4) is 18.2 Å². The lowest BCUT2D eigenvalue weighted by molar-refractivity contribution is 0.127. The van der Waals surface area contributed by atoms with Crippen LogP contribution in [0.1, 0.15) is 5.56 Å². The first kappa shape index (κ1) is 14.9. The molecule has 0 spiro atoms. The third-order valence-corrected chi connectivity index (χ3v) is 3.88. The van der Waals surface area contributed by atoms with Crippen molar-refractivity contribution < 1.29 is 4.74 Å². The molecule has 1 aliphatic heterocycles. The highest BCUT2D eigenvalue weighted by molar-refractivity contribution is 9.10. The van der Waals surface area contributed by atoms with Crippen LogP contribution in [0.3, 0.4) is 0 Å². The molecule has 2 N–H and O–H groups in total. The van der Waals surface area contributed by atoms with Gasteiger partial charge in [0.2, 0.25) is 10.9 Å². The SMILES string of the molecule is N#CC(C#N)=C1C(C#N)=C(N)OC1(Cl)c1ccc(Br)cc1. The zero-order valence-electron chi connectivity index (χ0n) is 10.4. The van der Waals surface area contributed by atoms with E-state index in [2.05, 4.69) is 15.9 Å². The third kappa shape index (κ3) is 2.34. The van der Waals surface area contributed by atoms with Crippen LogP contribution < -0.4 is 5.73 Å². The fourth-order valence-corrected chi connectivity index (χ4v) is 2.60. The minimum absolute atomic E-state index is 0.0310. The smallest absolute Gasteiger partial charge is 0.239 e. The van der Waals surface area contributed by atoms with Crippen LogP contribution in [0.25, 0.3) is 0 Å². The monoisotopic (exact) mass is 360 g/mol. The fourth-order valence-electron chi connectivity index (χ4n) is 1.94. The van der Waals surface area contributed by atoms with E-state index < -0.39 is 5.06 Å². The molecule has 0 aliphatic carbocycles. The second kappa shape index (κ2) is 5.50. The van der Waals surface area contributed by atoms with Gasteiger partial charge < -0.3 is 10.5 Å². The summed E-state index contributed by atoms with van der Waals surface area (Å²) in [5, 5.41) is 25.7. The maximum atomic E-state index is 9.18. The average Bonchev–Trinajstić information content (AvgIpc) is 2.73. The van der Waals surface area contributed by atoms with Gasteiger partial charge in [-0.05, 0) is 12.1 Å². The number of benzene rings is 1. The second-order valence-electron chi connectivity index (χ2n) is 4.03. The van der Waals surface area contributed by atoms with Crippen molar-refractivity contribution in [1.29, 1.82) is 15.8 Å². The van der Waals surface area contributed by atoms with Gasteiger partial charge in [0.05, 0.1) is 5.57 Å². The Morgan fingerprint density at radius 1 is 1.19 bits per heavy atom. The number of nitrogens with two attached hydrogens (primary N) is 1. The van der Waals surface area contributed by atoms with E-state index in [4.69, 9.17) is 32.6 Å². The number of ether oxygens (including phenoxy) is 1. The van der Waals surface area contributed by atoms with Gasteiger partial charge in [-0.25, -0.2) is 0 Å². The van der Waals surface area contributed by atoms with Gasteiger partial charge in [0.15, 0.2) is 0 Å². The Bertz CT molecular complexity index is 776. The van der Waals surface area contributed by atoms with Crippen LogP contribution in [-0.2, 0) is 9.80 Å². The summed E-state index contributed by atoms with van der Waals surface area (Å²) in [6, 6.07) is 12.0. The van der Waals surface area contributed by atoms with Crippen LogP contribution in [0.4, 0.5) is 0 Å². The summed E-state index contributed by atoms with van der Waals surface area (Å²) in [6.45, 7) is 0. The first-order chi connectivity index (χ1) is 9.97. The van der Waals surface area contributed by atoms with Gasteiger partial charge in [-0.3, -0.25) is 0 Å². The van der Waals surface area contributed by atoms with Crippen molar-refractivity contribution in [1.82, 2.24) is 0 Å². The van der Waals surface area contributed by atoms with E-state index in [0.717, 1.165) is 4.47 Å². The Morgan fingerprint density at radius 3 is 2.24 bits per heavy atom. The Labute approximate surface area is 134 Å². The molecule has 5 nitrogen and oxygen atoms in total. The van der Waals surface area contributed by atoms with Gasteiger partial charge in [0, 0.05) is 10.0 Å². The molecule has 0 saturated carbocycles. The standard InChI is InChI=1S/C14H6BrClN4O/c15-10-3-1-9(2-4-10)14(16)12(8(5-17)6-18)11(7-19)13(20)21-14/h1-4H,20H2. The normalized spacial score (nSPS) is 20.2. The molecule has 0 bridgehead atoms. The maximum Gasteiger partial charge on any atom is 0.239 e. The average molecular weight is 362 g/mol. The van der Waals surface area contributed by atoms with Crippen molar-refractivity contribution in [3.05, 3.63) is 56.9 Å². The summed E-state index contributed by atoms with van der Waals surface area (Å²) >= 11 is 9.76. The van der Waals surface area contributed by atoms with E-state index in [1.165, 1.54) is 0 Å². The van der Waals surface area contributed by atoms with E-state index in [-0.39, 0.29) is 22.6 Å². The summed E-state index contributed by atoms with van der Waals surface area (Å²) in [6.07, 6.45) is 0. The zero-order chi connectivity index (χ0) is 15.6. The molecule has 0 saturated heterocycles. The van der Waals surface area contributed by atoms with Crippen LogP contribution in [0, 0.1) is 34.0 Å². The molecule has 0 fully saturated rings. The fraction of sp³-hybridized carbons (Fsp3) is 0.0714. The number of rotatable bonds is 1. The number of hydrogen-bond donors (Lipinski definition) is 1. The summed E-state index contributed by atoms with van der Waals surface area (Å²) in [7, 11) is 0. The van der Waals surface area contributed by atoms with Crippen molar-refractivity contribution >= 4 is 27.5 Å². The molecule has 1 aliphatic rings. The molecular weight excluding hydrogens is 356 g/mol. The van der Waals surface area contributed by atoms with Crippen LogP contribution in [-0.4, -0.2) is 0 Å². The molecule has 1 unspecified atom stereocenters. The molecule has 0 radical (unpaired) electrons. The summed E-state index contributed by atoms with van der Waals surface area (Å²) in [5.41, 5.74) is 5.66. The lowest BCUT2D eigenvalue weighted by Gasteiger charge is -2.24. The summed E-state index contributed by atoms with van der Waals surface area (Å²) < 4.78 is 6.22. The van der Waals surface area contributed by atoms with Crippen LogP contribution >= 0.6 is 27.5 Å². The van der Waals surface area contributed by atoms with Gasteiger partial charge in [-0.2, -0.15) is 15.8 Å². The Balaban J connectivity index is 2.74. The van der Waals surface area contributed by atoms with Crippen LogP contribution in [0.15, 0.2) is 51.3 Å². The molecule has 2 rings (SSSR count). The lowest BCUT2D eigenvalue weighted by atomic mass is 9.93. The van der Waals surface area contributed by atoms with Gasteiger partial charge in [-0.15, -0.1) is 0 Å². The third-order valence-electron chi connectivity index (χ3n) is 2.87. The highest BCUT2D eigenvalue weighted by Crippen LogP contribution is 2.49. The minimum Gasteiger partial charge on any atom is -0.447 e. The Morgan fingerprint density at radius 2 is 1.76 bits per heavy atom. The van der Waals surface area contributed by atoms with Gasteiger partial charge in [0.1, 0.15) is 29.4 Å². The number of halogens is 2. The number of nitriles is 3. The van der Waals surface area contributed by atoms with E-state index in [9.17, 15) is 5.26 Å².